The average molecular weight is 389 g/mol. The molecule has 9 heteroatoms. The van der Waals surface area contributed by atoms with E-state index in [1.165, 1.54) is 10.4 Å². The van der Waals surface area contributed by atoms with E-state index < -0.39 is 0 Å². The van der Waals surface area contributed by atoms with Gasteiger partial charge in [-0.25, -0.2) is 0 Å². The molecule has 0 unspecified atom stereocenters. The maximum Gasteiger partial charge on any atom is 0.260 e. The number of hydrogen-bond acceptors (Lipinski definition) is 7. The summed E-state index contributed by atoms with van der Waals surface area (Å²) in [6.45, 7) is 5.26. The van der Waals surface area contributed by atoms with Gasteiger partial charge in [0.2, 0.25) is 0 Å². The molecule has 27 heavy (non-hydrogen) atoms. The molecule has 0 bridgehead atoms. The molecular weight excluding hydrogens is 368 g/mol. The maximum atomic E-state index is 6.46. The maximum absolute atomic E-state index is 6.46. The molecule has 0 saturated heterocycles. The van der Waals surface area contributed by atoms with Crippen LogP contribution in [0.4, 0.5) is 5.95 Å². The zero-order valence-corrected chi connectivity index (χ0v) is 15.9. The van der Waals surface area contributed by atoms with E-state index in [1.807, 2.05) is 44.2 Å². The van der Waals surface area contributed by atoms with E-state index in [9.17, 15) is 0 Å². The van der Waals surface area contributed by atoms with Crippen LogP contribution in [-0.4, -0.2) is 26.9 Å². The summed E-state index contributed by atoms with van der Waals surface area (Å²) >= 11 is 6.46. The summed E-state index contributed by atoms with van der Waals surface area (Å²) in [7, 11) is 0. The van der Waals surface area contributed by atoms with Crippen LogP contribution in [0.1, 0.15) is 23.6 Å². The van der Waals surface area contributed by atoms with E-state index in [0.717, 1.165) is 11.1 Å². The van der Waals surface area contributed by atoms with Crippen LogP contribution in [-0.2, 0) is 13.2 Å². The van der Waals surface area contributed by atoms with Crippen molar-refractivity contribution in [2.45, 2.75) is 27.0 Å². The molecule has 8 nitrogen and oxygen atoms in total. The van der Waals surface area contributed by atoms with Crippen molar-refractivity contribution in [1.82, 2.24) is 20.3 Å². The van der Waals surface area contributed by atoms with Crippen LogP contribution in [0.5, 0.6) is 11.5 Å². The lowest BCUT2D eigenvalue weighted by molar-refractivity contribution is 0.269. The molecular formula is C18H21ClN6O2. The number of nitrogens with one attached hydrogen (secondary N) is 1. The van der Waals surface area contributed by atoms with E-state index >= 15 is 0 Å². The minimum atomic E-state index is 0.171. The number of rotatable bonds is 8. The fourth-order valence-corrected chi connectivity index (χ4v) is 2.84. The van der Waals surface area contributed by atoms with Crippen LogP contribution in [0.15, 0.2) is 36.4 Å². The first-order valence-electron chi connectivity index (χ1n) is 8.48. The molecule has 0 aliphatic rings. The quantitative estimate of drug-likeness (QED) is 0.611. The summed E-state index contributed by atoms with van der Waals surface area (Å²) in [5.41, 5.74) is 11.7. The van der Waals surface area contributed by atoms with E-state index in [1.54, 1.807) is 0 Å². The molecule has 0 spiro atoms. The predicted molar refractivity (Wildman–Crippen MR) is 103 cm³/mol. The first-order chi connectivity index (χ1) is 13.1. The Balaban J connectivity index is 1.76. The summed E-state index contributed by atoms with van der Waals surface area (Å²) < 4.78 is 11.7. The van der Waals surface area contributed by atoms with Crippen molar-refractivity contribution in [3.63, 3.8) is 0 Å². The third kappa shape index (κ3) is 4.79. The molecule has 0 fully saturated rings. The monoisotopic (exact) mass is 388 g/mol. The van der Waals surface area contributed by atoms with Crippen molar-refractivity contribution in [3.8, 4) is 11.5 Å². The molecule has 2 aromatic carbocycles. The molecule has 3 N–H and O–H groups in total. The molecule has 142 valence electrons. The number of hydrogen-bond donors (Lipinski definition) is 2. The number of aryl methyl sites for hydroxylation is 1. The molecule has 0 aliphatic heterocycles. The summed E-state index contributed by atoms with van der Waals surface area (Å²) in [6.07, 6.45) is 0. The second-order valence-electron chi connectivity index (χ2n) is 5.90. The van der Waals surface area contributed by atoms with Crippen molar-refractivity contribution < 1.29 is 9.47 Å². The standard InChI is InChI=1S/C18H21ClN6O2/c1-3-26-16-9-14(10-21-25-18(20)22-23-24-25)8-15(19)17(16)27-11-13-6-4-5-12(2)7-13/h4-9,21H,3,10-11H2,1-2H3,(H2,20,22,24). The third-order valence-electron chi connectivity index (χ3n) is 3.76. The second-order valence-corrected chi connectivity index (χ2v) is 6.31. The van der Waals surface area contributed by atoms with Gasteiger partial charge in [0.05, 0.1) is 18.2 Å². The van der Waals surface area contributed by atoms with Gasteiger partial charge < -0.3 is 20.6 Å². The van der Waals surface area contributed by atoms with Gasteiger partial charge in [0, 0.05) is 0 Å². The Morgan fingerprint density at radius 2 is 2.04 bits per heavy atom. The van der Waals surface area contributed by atoms with Gasteiger partial charge in [-0.05, 0) is 47.5 Å². The number of benzene rings is 2. The summed E-state index contributed by atoms with van der Waals surface area (Å²) in [5.74, 6) is 1.27. The lowest BCUT2D eigenvalue weighted by Crippen LogP contribution is -2.18. The van der Waals surface area contributed by atoms with Crippen LogP contribution in [0.3, 0.4) is 0 Å². The Labute approximate surface area is 162 Å². The fourth-order valence-electron chi connectivity index (χ4n) is 2.56. The lowest BCUT2D eigenvalue weighted by Gasteiger charge is -2.16. The number of tetrazole rings is 1. The smallest absolute Gasteiger partial charge is 0.260 e. The largest absolute Gasteiger partial charge is 0.490 e. The highest BCUT2D eigenvalue weighted by atomic mass is 35.5. The first kappa shape index (κ1) is 18.8. The number of nitrogens with zero attached hydrogens (tertiary/aromatic N) is 4. The van der Waals surface area contributed by atoms with Crippen molar-refractivity contribution in [2.24, 2.45) is 0 Å². The number of ether oxygens (including phenoxy) is 2. The van der Waals surface area contributed by atoms with E-state index in [0.29, 0.717) is 36.3 Å². The molecule has 3 rings (SSSR count). The summed E-state index contributed by atoms with van der Waals surface area (Å²) in [4.78, 5) is 1.29. The topological polar surface area (TPSA) is 100 Å². The number of anilines is 1. The zero-order valence-electron chi connectivity index (χ0n) is 15.1. The van der Waals surface area contributed by atoms with Crippen LogP contribution in [0.25, 0.3) is 0 Å². The van der Waals surface area contributed by atoms with Crippen LogP contribution in [0.2, 0.25) is 5.02 Å². The number of halogens is 1. The number of nitrogens with two attached hydrogens (primary N) is 1. The van der Waals surface area contributed by atoms with Gasteiger partial charge in [-0.2, -0.15) is 0 Å². The van der Waals surface area contributed by atoms with Gasteiger partial charge in [-0.1, -0.05) is 46.5 Å². The first-order valence-corrected chi connectivity index (χ1v) is 8.86. The van der Waals surface area contributed by atoms with Crippen molar-refractivity contribution in [2.75, 3.05) is 17.8 Å². The number of aromatic nitrogens is 4. The molecule has 0 amide bonds. The Morgan fingerprint density at radius 3 is 2.74 bits per heavy atom. The van der Waals surface area contributed by atoms with Gasteiger partial charge in [0.15, 0.2) is 11.5 Å². The Hall–Kier alpha value is -3.00. The minimum Gasteiger partial charge on any atom is -0.490 e. The Bertz CT molecular complexity index is 915. The average Bonchev–Trinajstić information content (AvgIpc) is 3.04. The Morgan fingerprint density at radius 1 is 1.19 bits per heavy atom. The van der Waals surface area contributed by atoms with E-state index in [4.69, 9.17) is 26.8 Å². The SMILES string of the molecule is CCOc1cc(CNn2nnnc2N)cc(Cl)c1OCc1cccc(C)c1. The van der Waals surface area contributed by atoms with Crippen LogP contribution < -0.4 is 20.6 Å². The van der Waals surface area contributed by atoms with Gasteiger partial charge >= 0.3 is 0 Å². The van der Waals surface area contributed by atoms with Gasteiger partial charge in [0.1, 0.15) is 6.61 Å². The lowest BCUT2D eigenvalue weighted by atomic mass is 10.1. The van der Waals surface area contributed by atoms with E-state index in [-0.39, 0.29) is 5.95 Å². The van der Waals surface area contributed by atoms with Crippen LogP contribution >= 0.6 is 11.6 Å². The fraction of sp³-hybridized carbons (Fsp3) is 0.278. The molecule has 0 radical (unpaired) electrons. The van der Waals surface area contributed by atoms with Crippen molar-refractivity contribution in [1.29, 1.82) is 0 Å². The predicted octanol–water partition coefficient (Wildman–Crippen LogP) is 2.94. The third-order valence-corrected chi connectivity index (χ3v) is 4.04. The van der Waals surface area contributed by atoms with Gasteiger partial charge in [-0.3, -0.25) is 0 Å². The number of nitrogen functional groups attached to an aromatic ring is 1. The highest BCUT2D eigenvalue weighted by Gasteiger charge is 2.13. The van der Waals surface area contributed by atoms with Crippen LogP contribution in [0, 0.1) is 6.92 Å². The van der Waals surface area contributed by atoms with Crippen molar-refractivity contribution >= 4 is 17.5 Å². The van der Waals surface area contributed by atoms with Crippen molar-refractivity contribution in [3.05, 3.63) is 58.1 Å². The molecule has 3 aromatic rings. The van der Waals surface area contributed by atoms with Gasteiger partial charge in [-0.15, -0.1) is 4.79 Å². The van der Waals surface area contributed by atoms with Gasteiger partial charge in [0.25, 0.3) is 5.95 Å². The second kappa shape index (κ2) is 8.59. The Kier molecular flexibility index (Phi) is 5.97. The van der Waals surface area contributed by atoms with E-state index in [2.05, 4.69) is 27.0 Å². The minimum absolute atomic E-state index is 0.171. The zero-order chi connectivity index (χ0) is 19.2. The molecule has 0 atom stereocenters. The molecule has 1 heterocycles. The normalized spacial score (nSPS) is 10.6. The molecule has 0 saturated carbocycles. The molecule has 1 aromatic heterocycles. The highest BCUT2D eigenvalue weighted by molar-refractivity contribution is 6.32. The molecule has 0 aliphatic carbocycles. The summed E-state index contributed by atoms with van der Waals surface area (Å²) in [5, 5.41) is 11.3. The highest BCUT2D eigenvalue weighted by Crippen LogP contribution is 2.37. The summed E-state index contributed by atoms with van der Waals surface area (Å²) in [6, 6.07) is 11.8.